The molecule has 4 rings (SSSR count). The average Bonchev–Trinajstić information content (AvgIpc) is 2.83. The zero-order chi connectivity index (χ0) is 13.1. The summed E-state index contributed by atoms with van der Waals surface area (Å²) in [5, 5.41) is 4.94. The standard InChI is InChI=1S/C13H8N2O4/c1-18-13(17)11-8-7-4-2-3-6-5-15(10(6)7)12(16)9(8)14-19-11/h2-4H,5H2,1H3. The summed E-state index contributed by atoms with van der Waals surface area (Å²) in [7, 11) is 1.26. The van der Waals surface area contributed by atoms with Crippen LogP contribution in [-0.4, -0.2) is 22.8 Å². The van der Waals surface area contributed by atoms with Crippen molar-refractivity contribution in [2.75, 3.05) is 7.11 Å². The van der Waals surface area contributed by atoms with E-state index < -0.39 is 5.97 Å². The molecule has 0 bridgehead atoms. The third kappa shape index (κ3) is 1.08. The van der Waals surface area contributed by atoms with Gasteiger partial charge in [0.25, 0.3) is 11.3 Å². The zero-order valence-electron chi connectivity index (χ0n) is 9.97. The molecule has 19 heavy (non-hydrogen) atoms. The molecule has 3 aromatic rings. The van der Waals surface area contributed by atoms with Crippen LogP contribution in [0.15, 0.2) is 27.5 Å². The fraction of sp³-hybridized carbons (Fsp3) is 0.154. The molecule has 94 valence electrons. The molecule has 0 unspecified atom stereocenters. The lowest BCUT2D eigenvalue weighted by atomic mass is 10.00. The number of para-hydroxylation sites is 1. The van der Waals surface area contributed by atoms with Crippen LogP contribution in [0.25, 0.3) is 21.8 Å². The lowest BCUT2D eigenvalue weighted by Gasteiger charge is -2.22. The number of hydrogen-bond donors (Lipinski definition) is 0. The maximum Gasteiger partial charge on any atom is 0.377 e. The molecular weight excluding hydrogens is 248 g/mol. The molecular formula is C13H8N2O4. The zero-order valence-corrected chi connectivity index (χ0v) is 9.97. The fourth-order valence-corrected chi connectivity index (χ4v) is 2.62. The lowest BCUT2D eigenvalue weighted by molar-refractivity contribution is 0.0558. The van der Waals surface area contributed by atoms with Crippen molar-refractivity contribution < 1.29 is 14.1 Å². The van der Waals surface area contributed by atoms with E-state index in [-0.39, 0.29) is 16.8 Å². The molecule has 0 radical (unpaired) electrons. The number of aromatic nitrogens is 2. The molecule has 6 heteroatoms. The van der Waals surface area contributed by atoms with Crippen molar-refractivity contribution in [1.29, 1.82) is 0 Å². The number of ether oxygens (including phenoxy) is 1. The van der Waals surface area contributed by atoms with Gasteiger partial charge in [-0.05, 0) is 5.56 Å². The van der Waals surface area contributed by atoms with Crippen LogP contribution < -0.4 is 5.56 Å². The van der Waals surface area contributed by atoms with Gasteiger partial charge in [-0.3, -0.25) is 4.79 Å². The summed E-state index contributed by atoms with van der Waals surface area (Å²) in [5.41, 5.74) is 1.85. The van der Waals surface area contributed by atoms with Crippen LogP contribution in [0.3, 0.4) is 0 Å². The molecule has 0 fully saturated rings. The molecule has 0 amide bonds. The minimum absolute atomic E-state index is 0.0224. The summed E-state index contributed by atoms with van der Waals surface area (Å²) < 4.78 is 11.3. The van der Waals surface area contributed by atoms with E-state index in [0.29, 0.717) is 11.9 Å². The SMILES string of the molecule is COC(=O)c1onc2c(=O)n3c4c(cccc4c12)C3. The van der Waals surface area contributed by atoms with Crippen LogP contribution in [0.5, 0.6) is 0 Å². The van der Waals surface area contributed by atoms with E-state index in [9.17, 15) is 9.59 Å². The third-order valence-electron chi connectivity index (χ3n) is 3.50. The van der Waals surface area contributed by atoms with Gasteiger partial charge < -0.3 is 13.8 Å². The molecule has 2 aromatic heterocycles. The van der Waals surface area contributed by atoms with Crippen molar-refractivity contribution in [2.24, 2.45) is 0 Å². The Morgan fingerprint density at radius 2 is 2.32 bits per heavy atom. The van der Waals surface area contributed by atoms with Crippen molar-refractivity contribution in [1.82, 2.24) is 9.72 Å². The number of rotatable bonds is 1. The Labute approximate surface area is 106 Å². The van der Waals surface area contributed by atoms with Gasteiger partial charge in [0.2, 0.25) is 0 Å². The Morgan fingerprint density at radius 1 is 1.47 bits per heavy atom. The van der Waals surface area contributed by atoms with Crippen molar-refractivity contribution in [3.63, 3.8) is 0 Å². The van der Waals surface area contributed by atoms with Crippen LogP contribution >= 0.6 is 0 Å². The van der Waals surface area contributed by atoms with E-state index in [1.54, 1.807) is 4.57 Å². The second-order valence-corrected chi connectivity index (χ2v) is 4.43. The average molecular weight is 256 g/mol. The summed E-state index contributed by atoms with van der Waals surface area (Å²) in [4.78, 5) is 23.9. The second-order valence-electron chi connectivity index (χ2n) is 4.43. The number of benzene rings is 1. The summed E-state index contributed by atoms with van der Waals surface area (Å²) in [6.07, 6.45) is 0. The summed E-state index contributed by atoms with van der Waals surface area (Å²) in [5.74, 6) is -0.655. The Kier molecular flexibility index (Phi) is 1.75. The molecule has 0 saturated heterocycles. The van der Waals surface area contributed by atoms with E-state index >= 15 is 0 Å². The van der Waals surface area contributed by atoms with Gasteiger partial charge >= 0.3 is 5.97 Å². The van der Waals surface area contributed by atoms with Crippen LogP contribution in [0.2, 0.25) is 0 Å². The molecule has 0 saturated carbocycles. The number of pyridine rings is 1. The Bertz CT molecular complexity index is 920. The molecule has 0 N–H and O–H groups in total. The van der Waals surface area contributed by atoms with E-state index in [1.807, 2.05) is 18.2 Å². The van der Waals surface area contributed by atoms with Crippen LogP contribution in [0.4, 0.5) is 0 Å². The fourth-order valence-electron chi connectivity index (χ4n) is 2.62. The maximum absolute atomic E-state index is 12.2. The highest BCUT2D eigenvalue weighted by Crippen LogP contribution is 2.33. The van der Waals surface area contributed by atoms with Gasteiger partial charge in [-0.2, -0.15) is 0 Å². The molecule has 1 aliphatic rings. The van der Waals surface area contributed by atoms with E-state index in [4.69, 9.17) is 4.52 Å². The summed E-state index contributed by atoms with van der Waals surface area (Å²) >= 11 is 0. The number of carbonyl (C=O) groups is 1. The molecule has 0 aliphatic carbocycles. The minimum Gasteiger partial charge on any atom is -0.463 e. The number of fused-ring (bicyclic) bond motifs is 2. The predicted octanol–water partition coefficient (Wildman–Crippen LogP) is 1.29. The number of methoxy groups -OCH3 is 1. The molecule has 1 aliphatic heterocycles. The van der Waals surface area contributed by atoms with E-state index in [0.717, 1.165) is 16.5 Å². The van der Waals surface area contributed by atoms with Crippen molar-refractivity contribution in [3.05, 3.63) is 39.9 Å². The number of carbonyl (C=O) groups excluding carboxylic acids is 1. The first-order valence-corrected chi connectivity index (χ1v) is 5.74. The number of nitrogens with zero attached hydrogens (tertiary/aromatic N) is 2. The van der Waals surface area contributed by atoms with Gasteiger partial charge in [-0.1, -0.05) is 23.4 Å². The molecule has 3 heterocycles. The molecule has 0 spiro atoms. The smallest absolute Gasteiger partial charge is 0.377 e. The second kappa shape index (κ2) is 3.23. The summed E-state index contributed by atoms with van der Waals surface area (Å²) in [6, 6.07) is 5.69. The first-order valence-electron chi connectivity index (χ1n) is 5.74. The number of hydrogen-bond acceptors (Lipinski definition) is 5. The van der Waals surface area contributed by atoms with Crippen molar-refractivity contribution in [2.45, 2.75) is 6.54 Å². The van der Waals surface area contributed by atoms with E-state index in [1.165, 1.54) is 7.11 Å². The number of esters is 1. The largest absolute Gasteiger partial charge is 0.463 e. The van der Waals surface area contributed by atoms with Crippen LogP contribution in [0, 0.1) is 0 Å². The highest BCUT2D eigenvalue weighted by molar-refractivity contribution is 6.14. The maximum atomic E-state index is 12.2. The first kappa shape index (κ1) is 10.3. The highest BCUT2D eigenvalue weighted by atomic mass is 16.5. The molecule has 1 aromatic carbocycles. The lowest BCUT2D eigenvalue weighted by Crippen LogP contribution is -2.28. The monoisotopic (exact) mass is 256 g/mol. The topological polar surface area (TPSA) is 74.3 Å². The van der Waals surface area contributed by atoms with Gasteiger partial charge in [0.15, 0.2) is 5.52 Å². The van der Waals surface area contributed by atoms with E-state index in [2.05, 4.69) is 9.89 Å². The van der Waals surface area contributed by atoms with Crippen LogP contribution in [0.1, 0.15) is 16.1 Å². The molecule has 0 atom stereocenters. The van der Waals surface area contributed by atoms with Crippen LogP contribution in [-0.2, 0) is 11.3 Å². The minimum atomic E-state index is -0.632. The van der Waals surface area contributed by atoms with Gasteiger partial charge in [-0.15, -0.1) is 0 Å². The van der Waals surface area contributed by atoms with Crippen molar-refractivity contribution >= 4 is 27.8 Å². The van der Waals surface area contributed by atoms with Gasteiger partial charge in [-0.25, -0.2) is 4.79 Å². The molecule has 6 nitrogen and oxygen atoms in total. The van der Waals surface area contributed by atoms with Gasteiger partial charge in [0.05, 0.1) is 24.6 Å². The van der Waals surface area contributed by atoms with Crippen molar-refractivity contribution in [3.8, 4) is 0 Å². The Balaban J connectivity index is 2.28. The normalized spacial score (nSPS) is 12.7. The quantitative estimate of drug-likeness (QED) is 0.480. The summed E-state index contributed by atoms with van der Waals surface area (Å²) in [6.45, 7) is 0.571. The Morgan fingerprint density at radius 3 is 3.11 bits per heavy atom. The first-order chi connectivity index (χ1) is 9.22. The van der Waals surface area contributed by atoms with Gasteiger partial charge in [0, 0.05) is 5.39 Å². The third-order valence-corrected chi connectivity index (χ3v) is 3.50. The highest BCUT2D eigenvalue weighted by Gasteiger charge is 2.27. The Hall–Kier alpha value is -2.63. The predicted molar refractivity (Wildman–Crippen MR) is 66.2 cm³/mol. The van der Waals surface area contributed by atoms with Gasteiger partial charge in [0.1, 0.15) is 0 Å².